The summed E-state index contributed by atoms with van der Waals surface area (Å²) in [6.07, 6.45) is 1.53. The molecule has 0 bridgehead atoms. The molecule has 2 heterocycles. The van der Waals surface area contributed by atoms with E-state index in [-0.39, 0.29) is 17.4 Å². The number of hydrogen-bond acceptors (Lipinski definition) is 4. The van der Waals surface area contributed by atoms with Gasteiger partial charge in [0.15, 0.2) is 0 Å². The van der Waals surface area contributed by atoms with Crippen LogP contribution in [0.1, 0.15) is 25.5 Å². The molecule has 3 aromatic rings. The standard InChI is InChI=1S/C24H28N4O2/c1-18(2)22(28-17-25-21-11-7-6-10-20(21)23(28)29)24(30)27-14-12-26(13-15-27)16-19-8-4-3-5-9-19/h3-11,17-18,22H,12-16H2,1-2H3. The Hall–Kier alpha value is -2.99. The SMILES string of the molecule is CC(C)C(C(=O)N1CCN(Cc2ccccc2)CC1)n1cnc2ccccc2c1=O. The maximum absolute atomic E-state index is 13.4. The molecule has 0 saturated carbocycles. The predicted octanol–water partition coefficient (Wildman–Crippen LogP) is 2.94. The van der Waals surface area contributed by atoms with Crippen molar-refractivity contribution in [2.75, 3.05) is 26.2 Å². The molecule has 1 aromatic heterocycles. The van der Waals surface area contributed by atoms with E-state index in [2.05, 4.69) is 34.1 Å². The second-order valence-corrected chi connectivity index (χ2v) is 8.25. The van der Waals surface area contributed by atoms with Gasteiger partial charge < -0.3 is 4.90 Å². The molecule has 1 aliphatic rings. The summed E-state index contributed by atoms with van der Waals surface area (Å²) >= 11 is 0. The topological polar surface area (TPSA) is 58.4 Å². The first kappa shape index (κ1) is 20.3. The van der Waals surface area contributed by atoms with Crippen molar-refractivity contribution in [3.05, 3.63) is 76.8 Å². The minimum atomic E-state index is -0.546. The van der Waals surface area contributed by atoms with Gasteiger partial charge in [-0.25, -0.2) is 4.98 Å². The van der Waals surface area contributed by atoms with Gasteiger partial charge in [-0.3, -0.25) is 19.1 Å². The van der Waals surface area contributed by atoms with E-state index < -0.39 is 6.04 Å². The summed E-state index contributed by atoms with van der Waals surface area (Å²) in [4.78, 5) is 35.2. The van der Waals surface area contributed by atoms with Gasteiger partial charge in [0.2, 0.25) is 5.91 Å². The number of amides is 1. The van der Waals surface area contributed by atoms with Crippen molar-refractivity contribution in [3.63, 3.8) is 0 Å². The van der Waals surface area contributed by atoms with Gasteiger partial charge in [0.05, 0.1) is 17.2 Å². The average molecular weight is 405 g/mol. The van der Waals surface area contributed by atoms with Crippen LogP contribution in [-0.2, 0) is 11.3 Å². The molecule has 1 fully saturated rings. The fraction of sp³-hybridized carbons (Fsp3) is 0.375. The van der Waals surface area contributed by atoms with Gasteiger partial charge in [0.25, 0.3) is 5.56 Å². The van der Waals surface area contributed by atoms with Crippen LogP contribution in [0.15, 0.2) is 65.7 Å². The first-order valence-electron chi connectivity index (χ1n) is 10.6. The third-order valence-corrected chi connectivity index (χ3v) is 5.81. The highest BCUT2D eigenvalue weighted by atomic mass is 16.2. The molecule has 6 heteroatoms. The fourth-order valence-electron chi connectivity index (χ4n) is 4.16. The molecule has 156 valence electrons. The van der Waals surface area contributed by atoms with Gasteiger partial charge in [0, 0.05) is 32.7 Å². The van der Waals surface area contributed by atoms with E-state index in [1.165, 1.54) is 16.5 Å². The maximum Gasteiger partial charge on any atom is 0.261 e. The number of para-hydroxylation sites is 1. The van der Waals surface area contributed by atoms with Gasteiger partial charge in [-0.2, -0.15) is 0 Å². The normalized spacial score (nSPS) is 16.2. The van der Waals surface area contributed by atoms with Crippen molar-refractivity contribution < 1.29 is 4.79 Å². The highest BCUT2D eigenvalue weighted by Gasteiger charge is 2.31. The van der Waals surface area contributed by atoms with Gasteiger partial charge >= 0.3 is 0 Å². The van der Waals surface area contributed by atoms with Crippen molar-refractivity contribution in [1.29, 1.82) is 0 Å². The summed E-state index contributed by atoms with van der Waals surface area (Å²) in [7, 11) is 0. The molecule has 4 rings (SSSR count). The first-order chi connectivity index (χ1) is 14.5. The van der Waals surface area contributed by atoms with Crippen LogP contribution in [0, 0.1) is 5.92 Å². The monoisotopic (exact) mass is 404 g/mol. The largest absolute Gasteiger partial charge is 0.338 e. The van der Waals surface area contributed by atoms with E-state index >= 15 is 0 Å². The Bertz CT molecular complexity index is 1070. The lowest BCUT2D eigenvalue weighted by molar-refractivity contribution is -0.138. The van der Waals surface area contributed by atoms with Crippen LogP contribution >= 0.6 is 0 Å². The fourth-order valence-corrected chi connectivity index (χ4v) is 4.16. The molecule has 1 saturated heterocycles. The Morgan fingerprint density at radius 1 is 0.967 bits per heavy atom. The summed E-state index contributed by atoms with van der Waals surface area (Å²) in [5.41, 5.74) is 1.78. The third-order valence-electron chi connectivity index (χ3n) is 5.81. The van der Waals surface area contributed by atoms with Gasteiger partial charge in [-0.1, -0.05) is 56.3 Å². The van der Waals surface area contributed by atoms with Gasteiger partial charge in [-0.05, 0) is 23.6 Å². The third kappa shape index (κ3) is 4.14. The molecule has 1 amide bonds. The second kappa shape index (κ2) is 8.79. The van der Waals surface area contributed by atoms with Crippen molar-refractivity contribution in [2.24, 2.45) is 5.92 Å². The van der Waals surface area contributed by atoms with E-state index in [4.69, 9.17) is 0 Å². The molecule has 1 aliphatic heterocycles. The van der Waals surface area contributed by atoms with E-state index in [9.17, 15) is 9.59 Å². The van der Waals surface area contributed by atoms with Gasteiger partial charge in [0.1, 0.15) is 6.04 Å². The zero-order chi connectivity index (χ0) is 21.1. The number of hydrogen-bond donors (Lipinski definition) is 0. The predicted molar refractivity (Wildman–Crippen MR) is 118 cm³/mol. The molecule has 0 radical (unpaired) electrons. The number of nitrogens with zero attached hydrogens (tertiary/aromatic N) is 4. The molecule has 1 atom stereocenters. The molecule has 1 unspecified atom stereocenters. The Morgan fingerprint density at radius 3 is 2.33 bits per heavy atom. The number of piperazine rings is 1. The van der Waals surface area contributed by atoms with Crippen molar-refractivity contribution in [2.45, 2.75) is 26.4 Å². The Labute approximate surface area is 176 Å². The van der Waals surface area contributed by atoms with Crippen LogP contribution in [-0.4, -0.2) is 51.4 Å². The molecular weight excluding hydrogens is 376 g/mol. The minimum absolute atomic E-state index is 0.00328. The molecule has 0 N–H and O–H groups in total. The maximum atomic E-state index is 13.4. The van der Waals surface area contributed by atoms with Crippen LogP contribution < -0.4 is 5.56 Å². The van der Waals surface area contributed by atoms with Crippen LogP contribution in [0.25, 0.3) is 10.9 Å². The van der Waals surface area contributed by atoms with E-state index in [0.29, 0.717) is 24.0 Å². The smallest absolute Gasteiger partial charge is 0.261 e. The summed E-state index contributed by atoms with van der Waals surface area (Å²) in [5, 5.41) is 0.547. The quantitative estimate of drug-likeness (QED) is 0.656. The van der Waals surface area contributed by atoms with E-state index in [1.807, 2.05) is 43.0 Å². The van der Waals surface area contributed by atoms with Crippen LogP contribution in [0.5, 0.6) is 0 Å². The highest BCUT2D eigenvalue weighted by molar-refractivity contribution is 5.82. The summed E-state index contributed by atoms with van der Waals surface area (Å²) in [6, 6.07) is 17.1. The number of aromatic nitrogens is 2. The summed E-state index contributed by atoms with van der Waals surface area (Å²) in [6.45, 7) is 7.86. The lowest BCUT2D eigenvalue weighted by Crippen LogP contribution is -2.51. The number of benzene rings is 2. The Kier molecular flexibility index (Phi) is 5.95. The lowest BCUT2D eigenvalue weighted by Gasteiger charge is -2.37. The minimum Gasteiger partial charge on any atom is -0.338 e. The highest BCUT2D eigenvalue weighted by Crippen LogP contribution is 2.21. The molecule has 0 aliphatic carbocycles. The van der Waals surface area contributed by atoms with Crippen LogP contribution in [0.4, 0.5) is 0 Å². The second-order valence-electron chi connectivity index (χ2n) is 8.25. The molecule has 6 nitrogen and oxygen atoms in total. The number of carbonyl (C=O) groups excluding carboxylic acids is 1. The Balaban J connectivity index is 1.50. The molecule has 2 aromatic carbocycles. The Morgan fingerprint density at radius 2 is 1.63 bits per heavy atom. The van der Waals surface area contributed by atoms with E-state index in [1.54, 1.807) is 6.07 Å². The number of carbonyl (C=O) groups is 1. The van der Waals surface area contributed by atoms with Crippen molar-refractivity contribution >= 4 is 16.8 Å². The number of fused-ring (bicyclic) bond motifs is 1. The molecule has 0 spiro atoms. The first-order valence-corrected chi connectivity index (χ1v) is 10.6. The molecular formula is C24H28N4O2. The van der Waals surface area contributed by atoms with Crippen molar-refractivity contribution in [1.82, 2.24) is 19.4 Å². The van der Waals surface area contributed by atoms with Crippen LogP contribution in [0.3, 0.4) is 0 Å². The number of rotatable bonds is 5. The zero-order valence-electron chi connectivity index (χ0n) is 17.6. The van der Waals surface area contributed by atoms with Gasteiger partial charge in [-0.15, -0.1) is 0 Å². The molecule has 30 heavy (non-hydrogen) atoms. The zero-order valence-corrected chi connectivity index (χ0v) is 17.6. The van der Waals surface area contributed by atoms with E-state index in [0.717, 1.165) is 19.6 Å². The summed E-state index contributed by atoms with van der Waals surface area (Å²) < 4.78 is 1.52. The lowest BCUT2D eigenvalue weighted by atomic mass is 10.0. The van der Waals surface area contributed by atoms with Crippen molar-refractivity contribution in [3.8, 4) is 0 Å². The average Bonchev–Trinajstić information content (AvgIpc) is 2.76. The summed E-state index contributed by atoms with van der Waals surface area (Å²) in [5.74, 6) is -0.0101. The van der Waals surface area contributed by atoms with Crippen LogP contribution in [0.2, 0.25) is 0 Å².